The number of carbonyl (C=O) groups excluding carboxylic acids is 1. The number of benzene rings is 2. The van der Waals surface area contributed by atoms with E-state index in [9.17, 15) is 9.59 Å². The highest BCUT2D eigenvalue weighted by atomic mass is 16.6. The van der Waals surface area contributed by atoms with Gasteiger partial charge in [0.1, 0.15) is 13.2 Å². The fourth-order valence-corrected chi connectivity index (χ4v) is 5.80. The van der Waals surface area contributed by atoms with Crippen LogP contribution in [-0.4, -0.2) is 214 Å². The number of hydrogen-bond acceptors (Lipinski definition) is 16. The largest absolute Gasteiger partial charge is 0.480 e. The summed E-state index contributed by atoms with van der Waals surface area (Å²) in [5, 5.41) is 8.45. The molecule has 0 unspecified atom stereocenters. The van der Waals surface area contributed by atoms with E-state index in [-0.39, 0.29) is 25.2 Å². The molecule has 0 saturated carbocycles. The topological polar surface area (TPSA) is 187 Å². The average molecular weight is 884 g/mol. The van der Waals surface area contributed by atoms with Crippen LogP contribution >= 0.6 is 0 Å². The van der Waals surface area contributed by atoms with Crippen LogP contribution in [0.15, 0.2) is 48.5 Å². The first kappa shape index (κ1) is 53.0. The van der Waals surface area contributed by atoms with Crippen LogP contribution in [0.4, 0.5) is 4.79 Å². The van der Waals surface area contributed by atoms with E-state index in [4.69, 9.17) is 71.4 Å². The summed E-state index contributed by atoms with van der Waals surface area (Å²) in [7, 11) is 1.71. The monoisotopic (exact) mass is 883 g/mol. The number of hydrogen-bond donors (Lipinski definition) is 1. The second-order valence-electron chi connectivity index (χ2n) is 13.5. The average Bonchev–Trinajstić information content (AvgIpc) is 3.60. The van der Waals surface area contributed by atoms with Crippen molar-refractivity contribution in [3.05, 3.63) is 59.7 Å². The third-order valence-electron chi connectivity index (χ3n) is 8.91. The van der Waals surface area contributed by atoms with Gasteiger partial charge < -0.3 is 76.3 Å². The van der Waals surface area contributed by atoms with Crippen LogP contribution in [-0.2, 0) is 71.1 Å². The van der Waals surface area contributed by atoms with Gasteiger partial charge >= 0.3 is 12.1 Å². The zero-order valence-electron chi connectivity index (χ0n) is 36.4. The summed E-state index contributed by atoms with van der Waals surface area (Å²) in [6, 6.07) is 16.6. The Morgan fingerprint density at radius 1 is 0.435 bits per heavy atom. The quantitative estimate of drug-likeness (QED) is 0.0957. The molecule has 1 amide bonds. The van der Waals surface area contributed by atoms with E-state index in [1.54, 1.807) is 7.05 Å². The van der Waals surface area contributed by atoms with E-state index >= 15 is 0 Å². The van der Waals surface area contributed by atoms with Gasteiger partial charge in [-0.15, -0.1) is 0 Å². The number of amides is 1. The van der Waals surface area contributed by atoms with E-state index in [2.05, 4.69) is 24.3 Å². The van der Waals surface area contributed by atoms with Gasteiger partial charge in [0.2, 0.25) is 0 Å². The highest BCUT2D eigenvalue weighted by Crippen LogP contribution is 2.44. The summed E-state index contributed by atoms with van der Waals surface area (Å²) >= 11 is 0. The minimum Gasteiger partial charge on any atom is -0.480 e. The maximum atomic E-state index is 12.6. The lowest BCUT2D eigenvalue weighted by molar-refractivity contribution is -0.142. The molecule has 1 aliphatic carbocycles. The molecule has 18 heteroatoms. The van der Waals surface area contributed by atoms with Gasteiger partial charge in [0.15, 0.2) is 0 Å². The van der Waals surface area contributed by atoms with Crippen LogP contribution < -0.4 is 0 Å². The lowest BCUT2D eigenvalue weighted by Gasteiger charge is -2.19. The van der Waals surface area contributed by atoms with Gasteiger partial charge in [-0.25, -0.2) is 9.59 Å². The molecule has 0 atom stereocenters. The van der Waals surface area contributed by atoms with Crippen LogP contribution in [0.1, 0.15) is 17.0 Å². The van der Waals surface area contributed by atoms with Crippen LogP contribution in [0.2, 0.25) is 0 Å². The van der Waals surface area contributed by atoms with Crippen molar-refractivity contribution in [1.29, 1.82) is 0 Å². The van der Waals surface area contributed by atoms with Gasteiger partial charge in [-0.05, 0) is 22.3 Å². The minimum atomic E-state index is -1.00. The lowest BCUT2D eigenvalue weighted by atomic mass is 9.98. The van der Waals surface area contributed by atoms with Crippen molar-refractivity contribution in [2.75, 3.05) is 192 Å². The first-order chi connectivity index (χ1) is 30.6. The van der Waals surface area contributed by atoms with Gasteiger partial charge in [-0.2, -0.15) is 0 Å². The third-order valence-corrected chi connectivity index (χ3v) is 8.91. The first-order valence-electron chi connectivity index (χ1n) is 21.4. The second-order valence-corrected chi connectivity index (χ2v) is 13.5. The number of likely N-dealkylation sites (N-methyl/N-ethyl adjacent to an activating group) is 1. The molecule has 0 fully saturated rings. The normalized spacial score (nSPS) is 12.1. The molecule has 2 aromatic rings. The Kier molecular flexibility index (Phi) is 31.7. The Bertz CT molecular complexity index is 1360. The molecule has 0 bridgehead atoms. The van der Waals surface area contributed by atoms with Crippen molar-refractivity contribution in [3.8, 4) is 11.1 Å². The Labute approximate surface area is 366 Å². The molecule has 18 nitrogen and oxygen atoms in total. The molecule has 62 heavy (non-hydrogen) atoms. The Morgan fingerprint density at radius 3 is 1.02 bits per heavy atom. The molecule has 0 heterocycles. The first-order valence-corrected chi connectivity index (χ1v) is 21.4. The van der Waals surface area contributed by atoms with Crippen molar-refractivity contribution in [1.82, 2.24) is 4.90 Å². The predicted molar refractivity (Wildman–Crippen MR) is 226 cm³/mol. The summed E-state index contributed by atoms with van der Waals surface area (Å²) < 4.78 is 76.3. The predicted octanol–water partition coefficient (Wildman–Crippen LogP) is 3.17. The number of ether oxygens (including phenoxy) is 14. The van der Waals surface area contributed by atoms with Gasteiger partial charge in [0, 0.05) is 19.5 Å². The van der Waals surface area contributed by atoms with Gasteiger partial charge in [-0.1, -0.05) is 48.5 Å². The third kappa shape index (κ3) is 25.7. The molecule has 352 valence electrons. The molecular weight excluding hydrogens is 814 g/mol. The number of fused-ring (bicyclic) bond motifs is 3. The van der Waals surface area contributed by atoms with Gasteiger partial charge in [0.25, 0.3) is 0 Å². The van der Waals surface area contributed by atoms with Crippen molar-refractivity contribution in [3.63, 3.8) is 0 Å². The van der Waals surface area contributed by atoms with Crippen molar-refractivity contribution in [2.45, 2.75) is 5.92 Å². The molecule has 1 aliphatic rings. The number of carboxylic acid groups (broad SMARTS) is 1. The molecule has 1 N–H and O–H groups in total. The van der Waals surface area contributed by atoms with E-state index in [0.717, 1.165) is 0 Å². The van der Waals surface area contributed by atoms with Crippen molar-refractivity contribution < 1.29 is 81.0 Å². The molecule has 0 radical (unpaired) electrons. The summed E-state index contributed by atoms with van der Waals surface area (Å²) in [6.45, 7) is 11.5. The molecule has 2 aromatic carbocycles. The van der Waals surface area contributed by atoms with Crippen LogP contribution in [0.3, 0.4) is 0 Å². The van der Waals surface area contributed by atoms with Crippen LogP contribution in [0.5, 0.6) is 0 Å². The van der Waals surface area contributed by atoms with Gasteiger partial charge in [0.05, 0.1) is 165 Å². The summed E-state index contributed by atoms with van der Waals surface area (Å²) in [4.78, 5) is 24.5. The maximum absolute atomic E-state index is 12.6. The SMILES string of the molecule is CN(CCOCCOCCOCCOCCOCCOCCOCCOCCOCCOCCOCCOCCOCC(=O)O)C(=O)OCC1c2ccccc2-c2ccccc21. The lowest BCUT2D eigenvalue weighted by Crippen LogP contribution is -2.32. The van der Waals surface area contributed by atoms with Gasteiger partial charge in [-0.3, -0.25) is 0 Å². The number of carbonyl (C=O) groups is 2. The molecule has 0 saturated heterocycles. The van der Waals surface area contributed by atoms with E-state index in [1.165, 1.54) is 27.2 Å². The Morgan fingerprint density at radius 2 is 0.710 bits per heavy atom. The molecular formula is C44H69NO17. The smallest absolute Gasteiger partial charge is 0.409 e. The fourth-order valence-electron chi connectivity index (χ4n) is 5.80. The van der Waals surface area contributed by atoms with Crippen LogP contribution in [0, 0.1) is 0 Å². The minimum absolute atomic E-state index is 0.0317. The molecule has 0 aromatic heterocycles. The number of nitrogens with zero attached hydrogens (tertiary/aromatic N) is 1. The maximum Gasteiger partial charge on any atom is 0.409 e. The van der Waals surface area contributed by atoms with Crippen molar-refractivity contribution in [2.24, 2.45) is 0 Å². The Balaban J connectivity index is 0.933. The number of rotatable bonds is 43. The van der Waals surface area contributed by atoms with E-state index in [0.29, 0.717) is 172 Å². The highest BCUT2D eigenvalue weighted by molar-refractivity contribution is 5.79. The Hall–Kier alpha value is -3.34. The summed E-state index contributed by atoms with van der Waals surface area (Å²) in [5.41, 5.74) is 4.78. The fraction of sp³-hybridized carbons (Fsp3) is 0.682. The zero-order chi connectivity index (χ0) is 44.0. The highest BCUT2D eigenvalue weighted by Gasteiger charge is 2.29. The van der Waals surface area contributed by atoms with E-state index in [1.807, 2.05) is 24.3 Å². The number of carboxylic acids is 1. The summed E-state index contributed by atoms with van der Waals surface area (Å²) in [5.74, 6) is -0.969. The molecule has 0 spiro atoms. The summed E-state index contributed by atoms with van der Waals surface area (Å²) in [6.07, 6.45) is -0.370. The second kappa shape index (κ2) is 37.1. The van der Waals surface area contributed by atoms with Crippen LogP contribution in [0.25, 0.3) is 11.1 Å². The molecule has 0 aliphatic heterocycles. The van der Waals surface area contributed by atoms with E-state index < -0.39 is 5.97 Å². The standard InChI is InChI=1S/C44H69NO17/c1-45(44(48)62-36-42-40-8-4-2-6-38(40)39-7-3-5-9-41(39)42)10-11-49-12-13-50-14-15-51-16-17-52-18-19-53-20-21-54-22-23-55-24-25-56-26-27-57-28-29-58-30-31-59-32-33-60-34-35-61-37-43(46)47/h2-9,42H,10-37H2,1H3,(H,46,47). The molecule has 3 rings (SSSR count). The zero-order valence-corrected chi connectivity index (χ0v) is 36.4. The van der Waals surface area contributed by atoms with Crippen molar-refractivity contribution >= 4 is 12.1 Å². The number of aliphatic carboxylic acids is 1.